The summed E-state index contributed by atoms with van der Waals surface area (Å²) in [7, 11) is 0. The molecule has 6 nitrogen and oxygen atoms in total. The number of piperidine rings is 1. The van der Waals surface area contributed by atoms with Gasteiger partial charge in [-0.3, -0.25) is 19.3 Å². The number of nitrogens with zero attached hydrogens (tertiary/aromatic N) is 3. The second kappa shape index (κ2) is 7.86. The van der Waals surface area contributed by atoms with Crippen molar-refractivity contribution in [2.24, 2.45) is 5.41 Å². The van der Waals surface area contributed by atoms with E-state index in [9.17, 15) is 14.7 Å². The molecule has 4 aromatic rings. The van der Waals surface area contributed by atoms with Crippen molar-refractivity contribution in [2.45, 2.75) is 50.2 Å². The van der Waals surface area contributed by atoms with Gasteiger partial charge in [0, 0.05) is 41.2 Å². The van der Waals surface area contributed by atoms with Crippen molar-refractivity contribution >= 4 is 17.2 Å². The summed E-state index contributed by atoms with van der Waals surface area (Å²) in [6, 6.07) is 10.9. The van der Waals surface area contributed by atoms with Crippen molar-refractivity contribution in [3.05, 3.63) is 98.0 Å². The molecule has 212 valence electrons. The van der Waals surface area contributed by atoms with E-state index in [1.165, 1.54) is 23.6 Å². The van der Waals surface area contributed by atoms with Crippen molar-refractivity contribution < 1.29 is 23.1 Å². The number of aromatic nitrogens is 1. The highest BCUT2D eigenvalue weighted by Crippen LogP contribution is 2.60. The number of hydrogen-bond acceptors (Lipinski definition) is 5. The number of halogens is 3. The van der Waals surface area contributed by atoms with Crippen LogP contribution in [0.3, 0.4) is 0 Å². The molecule has 1 spiro atoms. The van der Waals surface area contributed by atoms with E-state index in [0.717, 1.165) is 41.3 Å². The predicted molar refractivity (Wildman–Crippen MR) is 151 cm³/mol. The van der Waals surface area contributed by atoms with E-state index < -0.39 is 53.0 Å². The summed E-state index contributed by atoms with van der Waals surface area (Å²) in [5, 5.41) is 14.6. The molecule has 42 heavy (non-hydrogen) atoms. The molecule has 2 fully saturated rings. The van der Waals surface area contributed by atoms with E-state index >= 15 is 13.2 Å². The standard InChI is InChI=1S/C32H24F3N3O3S/c33-20-6-5-19-24-23-16(13-32(34,35)25(20)24)15-42-29(23)18-4-2-1-3-17(18)26(19)38-22-14-31(8-9-31)10-12-36(22)30(41)27-28(40)21(39)7-11-37(27)38/h1-7,11,15,22,26,40H,8-10,12-14H2/t22-,26?/m1/s1. The lowest BCUT2D eigenvalue weighted by Gasteiger charge is -2.53. The molecule has 3 aliphatic carbocycles. The summed E-state index contributed by atoms with van der Waals surface area (Å²) in [6.45, 7) is 0.452. The Morgan fingerprint density at radius 2 is 1.79 bits per heavy atom. The minimum Gasteiger partial charge on any atom is -0.502 e. The first-order valence-corrected chi connectivity index (χ1v) is 15.0. The first-order valence-electron chi connectivity index (χ1n) is 14.1. The van der Waals surface area contributed by atoms with Crippen molar-refractivity contribution in [2.75, 3.05) is 11.6 Å². The molecule has 1 N–H and O–H groups in total. The number of pyridine rings is 1. The molecule has 1 saturated carbocycles. The number of hydrogen-bond donors (Lipinski definition) is 1. The summed E-state index contributed by atoms with van der Waals surface area (Å²) in [4.78, 5) is 28.9. The van der Waals surface area contributed by atoms with Gasteiger partial charge < -0.3 is 10.0 Å². The zero-order valence-electron chi connectivity index (χ0n) is 22.2. The fraction of sp³-hybridized carbons (Fsp3) is 0.312. The van der Waals surface area contributed by atoms with Crippen LogP contribution in [0.2, 0.25) is 0 Å². The molecule has 10 heteroatoms. The number of alkyl halides is 2. The molecule has 0 radical (unpaired) electrons. The fourth-order valence-electron chi connectivity index (χ4n) is 7.86. The van der Waals surface area contributed by atoms with Crippen LogP contribution < -0.4 is 10.4 Å². The minimum atomic E-state index is -3.41. The van der Waals surface area contributed by atoms with Crippen molar-refractivity contribution in [3.63, 3.8) is 0 Å². The van der Waals surface area contributed by atoms with Gasteiger partial charge in [0.05, 0.1) is 11.6 Å². The molecule has 9 rings (SSSR count). The van der Waals surface area contributed by atoms with Crippen LogP contribution in [0.4, 0.5) is 13.2 Å². The Morgan fingerprint density at radius 1 is 0.976 bits per heavy atom. The van der Waals surface area contributed by atoms with Gasteiger partial charge in [0.2, 0.25) is 5.43 Å². The smallest absolute Gasteiger partial charge is 0.280 e. The molecule has 2 aromatic heterocycles. The van der Waals surface area contributed by atoms with Gasteiger partial charge in [0.25, 0.3) is 11.8 Å². The van der Waals surface area contributed by atoms with Crippen LogP contribution in [-0.4, -0.2) is 33.3 Å². The minimum absolute atomic E-state index is 0.0869. The van der Waals surface area contributed by atoms with Crippen LogP contribution in [0.25, 0.3) is 21.6 Å². The number of rotatable bonds is 1. The average molecular weight is 588 g/mol. The van der Waals surface area contributed by atoms with Gasteiger partial charge in [-0.05, 0) is 64.8 Å². The Morgan fingerprint density at radius 3 is 2.60 bits per heavy atom. The van der Waals surface area contributed by atoms with Gasteiger partial charge in [-0.15, -0.1) is 11.3 Å². The highest BCUT2D eigenvalue weighted by molar-refractivity contribution is 7.14. The third kappa shape index (κ3) is 3.00. The normalized spacial score (nSPS) is 23.5. The monoisotopic (exact) mass is 587 g/mol. The molecule has 1 unspecified atom stereocenters. The maximum atomic E-state index is 15.8. The molecular formula is C32H24F3N3O3S. The molecule has 1 amide bonds. The van der Waals surface area contributed by atoms with Crippen LogP contribution in [0, 0.1) is 11.2 Å². The van der Waals surface area contributed by atoms with Crippen molar-refractivity contribution in [1.29, 1.82) is 0 Å². The number of carbonyl (C=O) groups is 1. The number of carbonyl (C=O) groups excluding carboxylic acids is 1. The van der Waals surface area contributed by atoms with E-state index in [1.54, 1.807) is 21.0 Å². The van der Waals surface area contributed by atoms with Gasteiger partial charge in [0.15, 0.2) is 11.4 Å². The van der Waals surface area contributed by atoms with Crippen LogP contribution >= 0.6 is 11.3 Å². The first kappa shape index (κ1) is 24.5. The molecular weight excluding hydrogens is 563 g/mol. The zero-order valence-corrected chi connectivity index (χ0v) is 23.1. The van der Waals surface area contributed by atoms with Gasteiger partial charge >= 0.3 is 0 Å². The lowest BCUT2D eigenvalue weighted by Crippen LogP contribution is -2.65. The SMILES string of the molecule is O=C1c2c(O)c(=O)ccn2N(C2c3ccccc3-c3scc4c3-c3c2ccc(F)c3C(F)(F)C4)[C@@H]2CC3(CCN12)CC3. The number of benzene rings is 2. The van der Waals surface area contributed by atoms with Crippen LogP contribution in [0.5, 0.6) is 5.75 Å². The van der Waals surface area contributed by atoms with E-state index in [0.29, 0.717) is 29.7 Å². The van der Waals surface area contributed by atoms with Crippen LogP contribution in [0.1, 0.15) is 64.5 Å². The van der Waals surface area contributed by atoms with Gasteiger partial charge in [-0.1, -0.05) is 30.3 Å². The molecule has 2 aliphatic heterocycles. The lowest BCUT2D eigenvalue weighted by atomic mass is 9.80. The summed E-state index contributed by atoms with van der Waals surface area (Å²) < 4.78 is 48.6. The number of aromatic hydroxyl groups is 1. The van der Waals surface area contributed by atoms with Crippen LogP contribution in [-0.2, 0) is 12.3 Å². The predicted octanol–water partition coefficient (Wildman–Crippen LogP) is 6.13. The van der Waals surface area contributed by atoms with E-state index in [1.807, 2.05) is 29.3 Å². The first-order chi connectivity index (χ1) is 20.2. The van der Waals surface area contributed by atoms with Gasteiger partial charge in [-0.25, -0.2) is 13.2 Å². The molecule has 0 bridgehead atoms. The van der Waals surface area contributed by atoms with Crippen molar-refractivity contribution in [3.8, 4) is 27.3 Å². The molecule has 4 heterocycles. The second-order valence-electron chi connectivity index (χ2n) is 12.3. The summed E-state index contributed by atoms with van der Waals surface area (Å²) in [5.74, 6) is -5.43. The number of thiophene rings is 1. The third-order valence-electron chi connectivity index (χ3n) is 10.0. The summed E-state index contributed by atoms with van der Waals surface area (Å²) in [5.41, 5.74) is 2.18. The van der Waals surface area contributed by atoms with E-state index in [4.69, 9.17) is 0 Å². The fourth-order valence-corrected chi connectivity index (χ4v) is 8.99. The van der Waals surface area contributed by atoms with Crippen LogP contribution in [0.15, 0.2) is 58.8 Å². The lowest BCUT2D eigenvalue weighted by molar-refractivity contribution is -0.00825. The quantitative estimate of drug-likeness (QED) is 0.291. The number of amides is 1. The number of fused-ring (bicyclic) bond motifs is 4. The average Bonchev–Trinajstić information content (AvgIpc) is 3.61. The Bertz CT molecular complexity index is 1940. The topological polar surface area (TPSA) is 65.8 Å². The highest BCUT2D eigenvalue weighted by atomic mass is 32.1. The molecule has 2 atom stereocenters. The Kier molecular flexibility index (Phi) is 4.59. The van der Waals surface area contributed by atoms with Crippen molar-refractivity contribution in [1.82, 2.24) is 9.58 Å². The molecule has 5 aliphatic rings. The zero-order chi connectivity index (χ0) is 28.7. The molecule has 1 saturated heterocycles. The molecule has 2 aromatic carbocycles. The van der Waals surface area contributed by atoms with E-state index in [2.05, 4.69) is 0 Å². The van der Waals surface area contributed by atoms with E-state index in [-0.39, 0.29) is 16.7 Å². The van der Waals surface area contributed by atoms with Gasteiger partial charge in [-0.2, -0.15) is 0 Å². The Hall–Kier alpha value is -4.05. The maximum Gasteiger partial charge on any atom is 0.280 e. The largest absolute Gasteiger partial charge is 0.502 e. The maximum absolute atomic E-state index is 15.8. The van der Waals surface area contributed by atoms with Gasteiger partial charge in [0.1, 0.15) is 12.0 Å². The summed E-state index contributed by atoms with van der Waals surface area (Å²) >= 11 is 1.38. The third-order valence-corrected chi connectivity index (χ3v) is 11.1. The second-order valence-corrected chi connectivity index (χ2v) is 13.1. The Balaban J connectivity index is 1.40. The summed E-state index contributed by atoms with van der Waals surface area (Å²) in [6.07, 6.45) is 4.01. The Labute approximate surface area is 242 Å². The highest BCUT2D eigenvalue weighted by Gasteiger charge is 2.55.